The van der Waals surface area contributed by atoms with Crippen LogP contribution in [0.25, 0.3) is 0 Å². The molecule has 0 radical (unpaired) electrons. The van der Waals surface area contributed by atoms with Crippen molar-refractivity contribution in [2.45, 2.75) is 4.90 Å². The molecule has 0 amide bonds. The van der Waals surface area contributed by atoms with Crippen LogP contribution in [0.2, 0.25) is 0 Å². The summed E-state index contributed by atoms with van der Waals surface area (Å²) in [5, 5.41) is 0. The second kappa shape index (κ2) is 6.53. The van der Waals surface area contributed by atoms with E-state index in [1.165, 1.54) is 38.5 Å². The van der Waals surface area contributed by atoms with Gasteiger partial charge in [0.25, 0.3) is 10.0 Å². The number of hydrogen-bond acceptors (Lipinski definition) is 4. The SMILES string of the molecule is COc1ccc(OC)c(S(=O)(=O)Nc2c(F)cccc2Br)c1. The summed E-state index contributed by atoms with van der Waals surface area (Å²) < 4.78 is 51.4. The van der Waals surface area contributed by atoms with Crippen LogP contribution in [0.3, 0.4) is 0 Å². The van der Waals surface area contributed by atoms with Crippen molar-refractivity contribution in [3.8, 4) is 11.5 Å². The maximum Gasteiger partial charge on any atom is 0.265 e. The van der Waals surface area contributed by atoms with Crippen molar-refractivity contribution in [3.05, 3.63) is 46.7 Å². The summed E-state index contributed by atoms with van der Waals surface area (Å²) in [4.78, 5) is -0.149. The predicted molar refractivity (Wildman–Crippen MR) is 84.5 cm³/mol. The Morgan fingerprint density at radius 3 is 2.45 bits per heavy atom. The van der Waals surface area contributed by atoms with Crippen molar-refractivity contribution in [3.63, 3.8) is 0 Å². The fraction of sp³-hybridized carbons (Fsp3) is 0.143. The minimum Gasteiger partial charge on any atom is -0.497 e. The van der Waals surface area contributed by atoms with Crippen molar-refractivity contribution >= 4 is 31.6 Å². The molecule has 0 atom stereocenters. The van der Waals surface area contributed by atoms with E-state index in [0.717, 1.165) is 6.07 Å². The molecule has 0 heterocycles. The molecule has 2 rings (SSSR count). The summed E-state index contributed by atoms with van der Waals surface area (Å²) in [6.45, 7) is 0. The van der Waals surface area contributed by atoms with Crippen LogP contribution < -0.4 is 14.2 Å². The summed E-state index contributed by atoms with van der Waals surface area (Å²) >= 11 is 3.11. The molecule has 0 spiro atoms. The van der Waals surface area contributed by atoms with Crippen molar-refractivity contribution in [1.82, 2.24) is 0 Å². The van der Waals surface area contributed by atoms with Gasteiger partial charge in [-0.05, 0) is 40.2 Å². The van der Waals surface area contributed by atoms with Gasteiger partial charge in [0.2, 0.25) is 0 Å². The van der Waals surface area contributed by atoms with Crippen LogP contribution >= 0.6 is 15.9 Å². The third-order valence-corrected chi connectivity index (χ3v) is 4.89. The first-order chi connectivity index (χ1) is 10.4. The van der Waals surface area contributed by atoms with Gasteiger partial charge in [0, 0.05) is 10.5 Å². The van der Waals surface area contributed by atoms with Gasteiger partial charge in [-0.1, -0.05) is 6.07 Å². The second-order valence-corrected chi connectivity index (χ2v) is 6.72. The highest BCUT2D eigenvalue weighted by Crippen LogP contribution is 2.32. The van der Waals surface area contributed by atoms with Gasteiger partial charge in [0.15, 0.2) is 0 Å². The van der Waals surface area contributed by atoms with E-state index in [9.17, 15) is 12.8 Å². The van der Waals surface area contributed by atoms with E-state index in [0.29, 0.717) is 5.75 Å². The van der Waals surface area contributed by atoms with Gasteiger partial charge in [-0.3, -0.25) is 4.72 Å². The zero-order chi connectivity index (χ0) is 16.3. The zero-order valence-electron chi connectivity index (χ0n) is 11.8. The number of methoxy groups -OCH3 is 2. The van der Waals surface area contributed by atoms with Gasteiger partial charge in [-0.15, -0.1) is 0 Å². The van der Waals surface area contributed by atoms with Crippen molar-refractivity contribution < 1.29 is 22.3 Å². The van der Waals surface area contributed by atoms with Crippen molar-refractivity contribution in [2.24, 2.45) is 0 Å². The Hall–Kier alpha value is -1.80. The number of para-hydroxylation sites is 1. The fourth-order valence-corrected chi connectivity index (χ4v) is 3.62. The Morgan fingerprint density at radius 2 is 1.86 bits per heavy atom. The molecule has 1 N–H and O–H groups in total. The molecule has 0 aliphatic heterocycles. The van der Waals surface area contributed by atoms with Gasteiger partial charge in [0.1, 0.15) is 22.2 Å². The highest BCUT2D eigenvalue weighted by atomic mass is 79.9. The van der Waals surface area contributed by atoms with E-state index >= 15 is 0 Å². The highest BCUT2D eigenvalue weighted by Gasteiger charge is 2.23. The van der Waals surface area contributed by atoms with Crippen LogP contribution in [-0.2, 0) is 10.0 Å². The summed E-state index contributed by atoms with van der Waals surface area (Å²) in [5.74, 6) is -0.227. The number of benzene rings is 2. The molecular formula is C14H13BrFNO4S. The van der Waals surface area contributed by atoms with Crippen LogP contribution in [0.1, 0.15) is 0 Å². The Balaban J connectivity index is 2.51. The predicted octanol–water partition coefficient (Wildman–Crippen LogP) is 3.41. The molecule has 22 heavy (non-hydrogen) atoms. The van der Waals surface area contributed by atoms with E-state index in [1.807, 2.05) is 0 Å². The van der Waals surface area contributed by atoms with E-state index in [1.54, 1.807) is 6.07 Å². The molecule has 118 valence electrons. The number of halogens is 2. The summed E-state index contributed by atoms with van der Waals surface area (Å²) in [5.41, 5.74) is -0.174. The van der Waals surface area contributed by atoms with E-state index in [4.69, 9.17) is 9.47 Å². The maximum absolute atomic E-state index is 13.8. The van der Waals surface area contributed by atoms with Crippen LogP contribution in [-0.4, -0.2) is 22.6 Å². The number of ether oxygens (including phenoxy) is 2. The summed E-state index contributed by atoms with van der Waals surface area (Å²) in [6, 6.07) is 8.48. The Kier molecular flexibility index (Phi) is 4.92. The average Bonchev–Trinajstić information content (AvgIpc) is 2.50. The lowest BCUT2D eigenvalue weighted by Crippen LogP contribution is -2.15. The molecule has 2 aromatic carbocycles. The van der Waals surface area contributed by atoms with Crippen LogP contribution in [0, 0.1) is 5.82 Å². The average molecular weight is 390 g/mol. The molecule has 5 nitrogen and oxygen atoms in total. The molecular weight excluding hydrogens is 377 g/mol. The van der Waals surface area contributed by atoms with E-state index in [-0.39, 0.29) is 20.8 Å². The minimum atomic E-state index is -4.06. The third-order valence-electron chi connectivity index (χ3n) is 2.86. The molecule has 8 heteroatoms. The lowest BCUT2D eigenvalue weighted by molar-refractivity contribution is 0.392. The molecule has 0 aliphatic carbocycles. The Bertz CT molecular complexity index is 775. The smallest absolute Gasteiger partial charge is 0.265 e. The first kappa shape index (κ1) is 16.6. The molecule has 0 aliphatic rings. The molecule has 2 aromatic rings. The first-order valence-electron chi connectivity index (χ1n) is 6.08. The molecule has 0 unspecified atom stereocenters. The quantitative estimate of drug-likeness (QED) is 0.850. The monoisotopic (exact) mass is 389 g/mol. The second-order valence-electron chi connectivity index (χ2n) is 4.22. The van der Waals surface area contributed by atoms with Crippen LogP contribution in [0.15, 0.2) is 45.8 Å². The number of hydrogen-bond donors (Lipinski definition) is 1. The molecule has 0 saturated carbocycles. The molecule has 0 fully saturated rings. The number of nitrogens with one attached hydrogen (secondary N) is 1. The van der Waals surface area contributed by atoms with Crippen LogP contribution in [0.4, 0.5) is 10.1 Å². The number of rotatable bonds is 5. The van der Waals surface area contributed by atoms with E-state index < -0.39 is 15.8 Å². The Labute approximate surface area is 136 Å². The number of anilines is 1. The van der Waals surface area contributed by atoms with Gasteiger partial charge < -0.3 is 9.47 Å². The standard InChI is InChI=1S/C14H13BrFNO4S/c1-20-9-6-7-12(21-2)13(8-9)22(18,19)17-14-10(15)4-3-5-11(14)16/h3-8,17H,1-2H3. The fourth-order valence-electron chi connectivity index (χ4n) is 1.78. The highest BCUT2D eigenvalue weighted by molar-refractivity contribution is 9.10. The lowest BCUT2D eigenvalue weighted by Gasteiger charge is -2.14. The van der Waals surface area contributed by atoms with Gasteiger partial charge in [-0.25, -0.2) is 12.8 Å². The third kappa shape index (κ3) is 3.33. The van der Waals surface area contributed by atoms with Crippen LogP contribution in [0.5, 0.6) is 11.5 Å². The van der Waals surface area contributed by atoms with Gasteiger partial charge in [-0.2, -0.15) is 0 Å². The topological polar surface area (TPSA) is 64.6 Å². The lowest BCUT2D eigenvalue weighted by atomic mass is 10.3. The Morgan fingerprint density at radius 1 is 1.14 bits per heavy atom. The minimum absolute atomic E-state index is 0.126. The van der Waals surface area contributed by atoms with Gasteiger partial charge in [0.05, 0.1) is 19.9 Å². The summed E-state index contributed by atoms with van der Waals surface area (Å²) in [7, 11) is -1.30. The molecule has 0 bridgehead atoms. The number of sulfonamides is 1. The van der Waals surface area contributed by atoms with Gasteiger partial charge >= 0.3 is 0 Å². The molecule has 0 saturated heterocycles. The zero-order valence-corrected chi connectivity index (χ0v) is 14.2. The maximum atomic E-state index is 13.8. The largest absolute Gasteiger partial charge is 0.497 e. The van der Waals surface area contributed by atoms with Crippen molar-refractivity contribution in [1.29, 1.82) is 0 Å². The first-order valence-corrected chi connectivity index (χ1v) is 8.35. The van der Waals surface area contributed by atoms with E-state index in [2.05, 4.69) is 20.7 Å². The van der Waals surface area contributed by atoms with Crippen molar-refractivity contribution in [2.75, 3.05) is 18.9 Å². The molecule has 0 aromatic heterocycles. The summed E-state index contributed by atoms with van der Waals surface area (Å²) in [6.07, 6.45) is 0. The normalized spacial score (nSPS) is 11.1.